The summed E-state index contributed by atoms with van der Waals surface area (Å²) in [6.07, 6.45) is 0.0766. The number of allylic oxidation sites excluding steroid dienone is 3. The van der Waals surface area contributed by atoms with Crippen LogP contribution in [0, 0.1) is 5.92 Å². The summed E-state index contributed by atoms with van der Waals surface area (Å²) in [5.74, 6) is 2.65. The lowest BCUT2D eigenvalue weighted by Crippen LogP contribution is -2.37. The highest BCUT2D eigenvalue weighted by Gasteiger charge is 2.24. The molecule has 1 aliphatic heterocycles. The highest BCUT2D eigenvalue weighted by atomic mass is 127. The van der Waals surface area contributed by atoms with E-state index >= 15 is 0 Å². The summed E-state index contributed by atoms with van der Waals surface area (Å²) >= 11 is 24.0. The third kappa shape index (κ3) is 67.7. The van der Waals surface area contributed by atoms with Gasteiger partial charge in [-0.3, -0.25) is 0 Å². The summed E-state index contributed by atoms with van der Waals surface area (Å²) in [5.41, 5.74) is 12.2. The standard InChI is InChI=1S/C10H18O5.C7H16N2S.C4H6Cl2.2C4H6I2.C3H10N2.2CH4/c1-9(2,3)14-7(11)13-8(12)15-10(4,5)6;10-6-7-4-8-2-1-3-9-5-7;3*1-4(2-5)3-6;4-2-1-3-5;;/h1-6H3;7-10H,1-6H2;3*1-3H2;1-5H2;2*1H4. The van der Waals surface area contributed by atoms with Crippen LogP contribution in [0.3, 0.4) is 0 Å². The van der Waals surface area contributed by atoms with Crippen LogP contribution in [0.2, 0.25) is 0 Å². The minimum absolute atomic E-state index is 0. The molecule has 0 aliphatic carbocycles. The van der Waals surface area contributed by atoms with E-state index in [1.54, 1.807) is 41.5 Å². The number of nitrogens with two attached hydrogens (primary N) is 2. The Bertz CT molecular complexity index is 731. The van der Waals surface area contributed by atoms with Gasteiger partial charge in [0.15, 0.2) is 0 Å². The van der Waals surface area contributed by atoms with Crippen LogP contribution >= 0.6 is 126 Å². The molecule has 304 valence electrons. The first-order valence-electron chi connectivity index (χ1n) is 15.2. The molecule has 0 saturated carbocycles. The van der Waals surface area contributed by atoms with Crippen molar-refractivity contribution in [1.82, 2.24) is 10.6 Å². The Labute approximate surface area is 377 Å². The van der Waals surface area contributed by atoms with E-state index in [-0.39, 0.29) is 14.9 Å². The van der Waals surface area contributed by atoms with Gasteiger partial charge >= 0.3 is 12.3 Å². The van der Waals surface area contributed by atoms with E-state index < -0.39 is 23.5 Å². The quantitative estimate of drug-likeness (QED) is 0.0382. The zero-order chi connectivity index (χ0) is 38.6. The van der Waals surface area contributed by atoms with Crippen molar-refractivity contribution in [2.24, 2.45) is 17.4 Å². The van der Waals surface area contributed by atoms with Crippen LogP contribution in [0.1, 0.15) is 69.2 Å². The van der Waals surface area contributed by atoms with Crippen molar-refractivity contribution in [2.75, 3.05) is 74.5 Å². The van der Waals surface area contributed by atoms with Crippen molar-refractivity contribution in [3.63, 3.8) is 0 Å². The second-order valence-electron chi connectivity index (χ2n) is 11.8. The number of thiol groups is 1. The number of nitrogens with one attached hydrogen (secondary N) is 2. The zero-order valence-electron chi connectivity index (χ0n) is 29.7. The van der Waals surface area contributed by atoms with Crippen LogP contribution in [0.5, 0.6) is 0 Å². The molecule has 6 N–H and O–H groups in total. The number of carbonyl (C=O) groups is 2. The maximum atomic E-state index is 11.0. The van der Waals surface area contributed by atoms with Gasteiger partial charge in [-0.1, -0.05) is 136 Å². The first-order valence-corrected chi connectivity index (χ1v) is 23.0. The van der Waals surface area contributed by atoms with Gasteiger partial charge in [0.05, 0.1) is 0 Å². The molecule has 16 heteroatoms. The molecule has 0 amide bonds. The first-order chi connectivity index (χ1) is 22.3. The molecule has 0 aromatic rings. The molecule has 1 heterocycles. The summed E-state index contributed by atoms with van der Waals surface area (Å²) in [6.45, 7) is 27.1. The number of alkyl halides is 6. The van der Waals surface area contributed by atoms with Gasteiger partial charge in [0.1, 0.15) is 11.2 Å². The smallest absolute Gasteiger partial charge is 0.428 e. The van der Waals surface area contributed by atoms with Gasteiger partial charge in [-0.2, -0.15) is 12.6 Å². The van der Waals surface area contributed by atoms with Crippen LogP contribution in [0.15, 0.2) is 36.5 Å². The molecule has 1 fully saturated rings. The highest BCUT2D eigenvalue weighted by Crippen LogP contribution is 2.11. The fourth-order valence-corrected chi connectivity index (χ4v) is 5.67. The maximum Gasteiger partial charge on any atom is 0.519 e. The summed E-state index contributed by atoms with van der Waals surface area (Å²) in [4.78, 5) is 22.0. The van der Waals surface area contributed by atoms with Gasteiger partial charge in [0.2, 0.25) is 0 Å². The predicted octanol–water partition coefficient (Wildman–Crippen LogP) is 10.4. The van der Waals surface area contributed by atoms with E-state index in [1.165, 1.54) is 17.6 Å². The SMILES string of the molecule is C.C.C=C(CCl)CCl.C=C(CI)CI.C=C(CI)CI.CC(C)(C)OC(=O)OC(=O)OC(C)(C)C.NCCCN.SCC1CNCCCNC1. The second kappa shape index (κ2) is 46.8. The number of hydrogen-bond acceptors (Lipinski definition) is 10. The van der Waals surface area contributed by atoms with Gasteiger partial charge in [-0.15, -0.1) is 23.2 Å². The molecular formula is C34H70Cl2I4N4O5S. The molecule has 0 atom stereocenters. The normalized spacial score (nSPS) is 12.1. The van der Waals surface area contributed by atoms with E-state index in [4.69, 9.17) is 44.1 Å². The third-order valence-corrected chi connectivity index (χ3v) is 9.91. The zero-order valence-corrected chi connectivity index (χ0v) is 40.8. The average Bonchev–Trinajstić information content (AvgIpc) is 2.99. The summed E-state index contributed by atoms with van der Waals surface area (Å²) < 4.78 is 18.2. The van der Waals surface area contributed by atoms with Crippen molar-refractivity contribution in [3.8, 4) is 0 Å². The molecule has 0 aromatic heterocycles. The van der Waals surface area contributed by atoms with Crippen molar-refractivity contribution < 1.29 is 23.8 Å². The average molecular weight is 1230 g/mol. The van der Waals surface area contributed by atoms with Crippen LogP contribution in [-0.4, -0.2) is 98.0 Å². The fraction of sp³-hybridized carbons (Fsp3) is 0.765. The molecule has 0 radical (unpaired) electrons. The van der Waals surface area contributed by atoms with Crippen LogP contribution < -0.4 is 22.1 Å². The molecule has 0 bridgehead atoms. The third-order valence-electron chi connectivity index (χ3n) is 4.32. The topological polar surface area (TPSA) is 138 Å². The van der Waals surface area contributed by atoms with E-state index in [9.17, 15) is 9.59 Å². The van der Waals surface area contributed by atoms with Gasteiger partial charge in [0.25, 0.3) is 0 Å². The molecule has 50 heavy (non-hydrogen) atoms. The Morgan fingerprint density at radius 2 is 1.06 bits per heavy atom. The lowest BCUT2D eigenvalue weighted by Gasteiger charge is -2.20. The summed E-state index contributed by atoms with van der Waals surface area (Å²) in [5, 5.41) is 6.80. The number of rotatable bonds is 9. The fourth-order valence-electron chi connectivity index (χ4n) is 1.99. The highest BCUT2D eigenvalue weighted by molar-refractivity contribution is 14.1. The van der Waals surface area contributed by atoms with Gasteiger partial charge in [-0.05, 0) is 111 Å². The molecule has 0 aromatic carbocycles. The largest absolute Gasteiger partial charge is 0.519 e. The minimum atomic E-state index is -1.06. The number of hydrogen-bond donors (Lipinski definition) is 5. The molecule has 1 saturated heterocycles. The number of ether oxygens (including phenoxy) is 3. The minimum Gasteiger partial charge on any atom is -0.428 e. The number of halogens is 6. The van der Waals surface area contributed by atoms with Gasteiger partial charge in [-0.25, -0.2) is 9.59 Å². The lowest BCUT2D eigenvalue weighted by molar-refractivity contribution is -0.0293. The van der Waals surface area contributed by atoms with Gasteiger partial charge in [0, 0.05) is 29.5 Å². The van der Waals surface area contributed by atoms with E-state index in [0.29, 0.717) is 17.7 Å². The van der Waals surface area contributed by atoms with E-state index in [1.807, 2.05) is 0 Å². The first kappa shape index (κ1) is 66.5. The second-order valence-corrected chi connectivity index (χ2v) is 15.8. The van der Waals surface area contributed by atoms with Gasteiger partial charge < -0.3 is 36.3 Å². The lowest BCUT2D eigenvalue weighted by atomic mass is 10.1. The summed E-state index contributed by atoms with van der Waals surface area (Å²) in [6, 6.07) is 0. The van der Waals surface area contributed by atoms with E-state index in [0.717, 1.165) is 74.7 Å². The summed E-state index contributed by atoms with van der Waals surface area (Å²) in [7, 11) is 0. The predicted molar refractivity (Wildman–Crippen MR) is 262 cm³/mol. The molecule has 0 unspecified atom stereocenters. The Kier molecular flexibility index (Phi) is 62.2. The Balaban J connectivity index is -0.0000000929. The maximum absolute atomic E-state index is 11.0. The van der Waals surface area contributed by atoms with Crippen molar-refractivity contribution in [3.05, 3.63) is 36.5 Å². The van der Waals surface area contributed by atoms with Crippen molar-refractivity contribution >= 4 is 139 Å². The van der Waals surface area contributed by atoms with Crippen molar-refractivity contribution in [1.29, 1.82) is 0 Å². The van der Waals surface area contributed by atoms with E-state index in [2.05, 4.69) is 138 Å². The monoisotopic (exact) mass is 1220 g/mol. The number of carbonyl (C=O) groups excluding carboxylic acids is 2. The molecule has 1 aliphatic rings. The Morgan fingerprint density at radius 1 is 0.740 bits per heavy atom. The molecule has 0 spiro atoms. The molecule has 1 rings (SSSR count). The van der Waals surface area contributed by atoms with Crippen LogP contribution in [-0.2, 0) is 14.2 Å². The molecular weight excluding hydrogens is 1150 g/mol. The molecule has 9 nitrogen and oxygen atoms in total. The van der Waals surface area contributed by atoms with Crippen LogP contribution in [0.4, 0.5) is 9.59 Å². The Morgan fingerprint density at radius 3 is 1.22 bits per heavy atom. The van der Waals surface area contributed by atoms with Crippen LogP contribution in [0.25, 0.3) is 0 Å². The van der Waals surface area contributed by atoms with Crippen molar-refractivity contribution in [2.45, 2.75) is 80.4 Å². The Hall–Kier alpha value is 1.65.